The first-order valence-corrected chi connectivity index (χ1v) is 10.1. The van der Waals surface area contributed by atoms with Gasteiger partial charge in [0.15, 0.2) is 5.96 Å². The number of benzene rings is 1. The van der Waals surface area contributed by atoms with Crippen molar-refractivity contribution < 1.29 is 9.26 Å². The Morgan fingerprint density at radius 3 is 2.41 bits per heavy atom. The molecule has 1 aromatic carbocycles. The van der Waals surface area contributed by atoms with Crippen LogP contribution in [-0.2, 0) is 6.42 Å². The lowest BCUT2D eigenvalue weighted by Gasteiger charge is -2.18. The zero-order chi connectivity index (χ0) is 20.5. The Hall–Kier alpha value is -1.77. The molecule has 0 aliphatic heterocycles. The van der Waals surface area contributed by atoms with E-state index < -0.39 is 0 Å². The Morgan fingerprint density at radius 1 is 1.17 bits per heavy atom. The molecule has 7 heteroatoms. The van der Waals surface area contributed by atoms with E-state index in [2.05, 4.69) is 55.6 Å². The molecule has 2 N–H and O–H groups in total. The minimum absolute atomic E-state index is 0. The summed E-state index contributed by atoms with van der Waals surface area (Å²) in [5, 5.41) is 10.8. The van der Waals surface area contributed by atoms with Crippen LogP contribution in [0.2, 0.25) is 0 Å². The summed E-state index contributed by atoms with van der Waals surface area (Å²) in [4.78, 5) is 4.70. The van der Waals surface area contributed by atoms with Crippen LogP contribution < -0.4 is 15.4 Å². The summed E-state index contributed by atoms with van der Waals surface area (Å²) in [5.41, 5.74) is 3.27. The molecule has 1 atom stereocenters. The van der Waals surface area contributed by atoms with Gasteiger partial charge in [0.25, 0.3) is 0 Å². The van der Waals surface area contributed by atoms with E-state index in [1.165, 1.54) is 5.56 Å². The van der Waals surface area contributed by atoms with Gasteiger partial charge in [0.05, 0.1) is 18.3 Å². The van der Waals surface area contributed by atoms with Crippen LogP contribution in [0.4, 0.5) is 0 Å². The number of aryl methyl sites for hydroxylation is 2. The average molecular weight is 514 g/mol. The number of hydrogen-bond donors (Lipinski definition) is 2. The van der Waals surface area contributed by atoms with E-state index in [1.807, 2.05) is 26.0 Å². The van der Waals surface area contributed by atoms with Gasteiger partial charge in [0.2, 0.25) is 0 Å². The van der Waals surface area contributed by atoms with Crippen molar-refractivity contribution in [2.45, 2.75) is 54.0 Å². The van der Waals surface area contributed by atoms with Gasteiger partial charge in [-0.2, -0.15) is 0 Å². The summed E-state index contributed by atoms with van der Waals surface area (Å²) in [7, 11) is 0. The Bertz CT molecular complexity index is 737. The van der Waals surface area contributed by atoms with Crippen molar-refractivity contribution in [1.82, 2.24) is 15.8 Å². The molecule has 1 unspecified atom stereocenters. The number of nitrogens with zero attached hydrogens (tertiary/aromatic N) is 2. The third-order valence-corrected chi connectivity index (χ3v) is 4.47. The Balaban J connectivity index is 0.00000420. The monoisotopic (exact) mass is 514 g/mol. The second kappa shape index (κ2) is 12.7. The van der Waals surface area contributed by atoms with Crippen LogP contribution in [0.3, 0.4) is 0 Å². The quantitative estimate of drug-likeness (QED) is 0.286. The van der Waals surface area contributed by atoms with E-state index in [1.54, 1.807) is 0 Å². The first-order valence-electron chi connectivity index (χ1n) is 10.1. The SMILES string of the molecule is CCNC(=NCCc1c(C)noc1C)NC(C)c1ccc(OCC(C)C)cc1.I. The summed E-state index contributed by atoms with van der Waals surface area (Å²) in [5.74, 6) is 3.11. The highest BCUT2D eigenvalue weighted by Crippen LogP contribution is 2.18. The van der Waals surface area contributed by atoms with E-state index in [0.717, 1.165) is 48.3 Å². The van der Waals surface area contributed by atoms with Gasteiger partial charge in [0.1, 0.15) is 11.5 Å². The highest BCUT2D eigenvalue weighted by Gasteiger charge is 2.10. The minimum Gasteiger partial charge on any atom is -0.493 e. The molecule has 2 aromatic rings. The maximum Gasteiger partial charge on any atom is 0.191 e. The van der Waals surface area contributed by atoms with E-state index in [-0.39, 0.29) is 30.0 Å². The molecule has 0 saturated carbocycles. The van der Waals surface area contributed by atoms with Gasteiger partial charge in [0, 0.05) is 18.7 Å². The molecule has 0 spiro atoms. The lowest BCUT2D eigenvalue weighted by molar-refractivity contribution is 0.271. The molecule has 29 heavy (non-hydrogen) atoms. The van der Waals surface area contributed by atoms with Crippen molar-refractivity contribution in [3.63, 3.8) is 0 Å². The number of aliphatic imine (C=N–C) groups is 1. The summed E-state index contributed by atoms with van der Waals surface area (Å²) < 4.78 is 11.0. The molecule has 2 rings (SSSR count). The highest BCUT2D eigenvalue weighted by molar-refractivity contribution is 14.0. The molecule has 0 saturated heterocycles. The van der Waals surface area contributed by atoms with E-state index in [9.17, 15) is 0 Å². The van der Waals surface area contributed by atoms with Gasteiger partial charge in [-0.1, -0.05) is 31.1 Å². The van der Waals surface area contributed by atoms with Crippen molar-refractivity contribution in [3.8, 4) is 5.75 Å². The van der Waals surface area contributed by atoms with Crippen LogP contribution >= 0.6 is 24.0 Å². The van der Waals surface area contributed by atoms with Gasteiger partial charge in [-0.15, -0.1) is 24.0 Å². The van der Waals surface area contributed by atoms with Crippen molar-refractivity contribution in [3.05, 3.63) is 46.8 Å². The summed E-state index contributed by atoms with van der Waals surface area (Å²) >= 11 is 0. The molecule has 0 bridgehead atoms. The zero-order valence-corrected chi connectivity index (χ0v) is 20.7. The van der Waals surface area contributed by atoms with Gasteiger partial charge in [-0.25, -0.2) is 0 Å². The van der Waals surface area contributed by atoms with Crippen LogP contribution in [0.5, 0.6) is 5.75 Å². The van der Waals surface area contributed by atoms with Gasteiger partial charge in [-0.3, -0.25) is 4.99 Å². The largest absolute Gasteiger partial charge is 0.493 e. The lowest BCUT2D eigenvalue weighted by atomic mass is 10.1. The smallest absolute Gasteiger partial charge is 0.191 e. The molecule has 0 amide bonds. The molecular formula is C22H35IN4O2. The van der Waals surface area contributed by atoms with Crippen molar-refractivity contribution in [1.29, 1.82) is 0 Å². The van der Waals surface area contributed by atoms with Crippen molar-refractivity contribution >= 4 is 29.9 Å². The van der Waals surface area contributed by atoms with Crippen molar-refractivity contribution in [2.75, 3.05) is 19.7 Å². The predicted octanol–water partition coefficient (Wildman–Crippen LogP) is 4.80. The number of ether oxygens (including phenoxy) is 1. The normalized spacial score (nSPS) is 12.4. The van der Waals surface area contributed by atoms with Crippen LogP contribution in [0.25, 0.3) is 0 Å². The number of hydrogen-bond acceptors (Lipinski definition) is 4. The van der Waals surface area contributed by atoms with Crippen LogP contribution in [-0.4, -0.2) is 30.8 Å². The maximum absolute atomic E-state index is 5.76. The molecule has 0 aliphatic carbocycles. The Labute approximate surface area is 191 Å². The molecule has 1 heterocycles. The second-order valence-electron chi connectivity index (χ2n) is 7.45. The fourth-order valence-electron chi connectivity index (χ4n) is 2.86. The fraction of sp³-hybridized carbons (Fsp3) is 0.545. The molecule has 162 valence electrons. The summed E-state index contributed by atoms with van der Waals surface area (Å²) in [6.45, 7) is 14.6. The van der Waals surface area contributed by atoms with Gasteiger partial charge >= 0.3 is 0 Å². The fourth-order valence-corrected chi connectivity index (χ4v) is 2.86. The van der Waals surface area contributed by atoms with Gasteiger partial charge in [-0.05, 0) is 57.7 Å². The average Bonchev–Trinajstić information content (AvgIpc) is 2.98. The van der Waals surface area contributed by atoms with Crippen LogP contribution in [0, 0.1) is 19.8 Å². The predicted molar refractivity (Wildman–Crippen MR) is 129 cm³/mol. The van der Waals surface area contributed by atoms with Crippen molar-refractivity contribution in [2.24, 2.45) is 10.9 Å². The zero-order valence-electron chi connectivity index (χ0n) is 18.4. The maximum atomic E-state index is 5.76. The first-order chi connectivity index (χ1) is 13.4. The van der Waals surface area contributed by atoms with Gasteiger partial charge < -0.3 is 19.9 Å². The highest BCUT2D eigenvalue weighted by atomic mass is 127. The molecule has 0 fully saturated rings. The number of nitrogens with one attached hydrogen (secondary N) is 2. The van der Waals surface area contributed by atoms with E-state index in [0.29, 0.717) is 12.5 Å². The van der Waals surface area contributed by atoms with E-state index >= 15 is 0 Å². The van der Waals surface area contributed by atoms with E-state index in [4.69, 9.17) is 14.3 Å². The second-order valence-corrected chi connectivity index (χ2v) is 7.45. The Morgan fingerprint density at radius 2 is 1.86 bits per heavy atom. The third kappa shape index (κ3) is 8.24. The number of rotatable bonds is 9. The number of halogens is 1. The van der Waals surface area contributed by atoms with Crippen LogP contribution in [0.1, 0.15) is 56.3 Å². The third-order valence-electron chi connectivity index (χ3n) is 4.47. The molecule has 1 aromatic heterocycles. The Kier molecular flexibility index (Phi) is 11.1. The summed E-state index contributed by atoms with van der Waals surface area (Å²) in [6, 6.07) is 8.38. The first kappa shape index (κ1) is 25.3. The number of aromatic nitrogens is 1. The van der Waals surface area contributed by atoms with Crippen LogP contribution in [0.15, 0.2) is 33.8 Å². The topological polar surface area (TPSA) is 71.7 Å². The molecule has 0 radical (unpaired) electrons. The standard InChI is InChI=1S/C22H34N4O2.HI/c1-7-23-22(24-13-12-21-17(5)26-28-18(21)6)25-16(4)19-8-10-20(11-9-19)27-14-15(2)3;/h8-11,15-16H,7,12-14H2,1-6H3,(H2,23,24,25);1H. The molecule has 0 aliphatic rings. The summed E-state index contributed by atoms with van der Waals surface area (Å²) in [6.07, 6.45) is 0.814. The molecule has 6 nitrogen and oxygen atoms in total. The lowest BCUT2D eigenvalue weighted by Crippen LogP contribution is -2.38. The molecular weight excluding hydrogens is 479 g/mol. The number of guanidine groups is 1. The minimum atomic E-state index is 0.